The van der Waals surface area contributed by atoms with Gasteiger partial charge in [0.1, 0.15) is 0 Å². The number of aliphatic hydroxyl groups is 1. The summed E-state index contributed by atoms with van der Waals surface area (Å²) < 4.78 is 1.60. The van der Waals surface area contributed by atoms with E-state index in [4.69, 9.17) is 5.11 Å². The second-order valence-corrected chi connectivity index (χ2v) is 3.26. The highest BCUT2D eigenvalue weighted by Gasteiger charge is 2.09. The van der Waals surface area contributed by atoms with Crippen molar-refractivity contribution in [2.24, 2.45) is 7.05 Å². The van der Waals surface area contributed by atoms with E-state index in [9.17, 15) is 4.79 Å². The summed E-state index contributed by atoms with van der Waals surface area (Å²) in [6.07, 6.45) is 2.42. The molecule has 0 spiro atoms. The molecule has 2 amide bonds. The normalized spacial score (nSPS) is 12.2. The molecule has 6 nitrogen and oxygen atoms in total. The van der Waals surface area contributed by atoms with E-state index in [1.165, 1.54) is 0 Å². The lowest BCUT2D eigenvalue weighted by Crippen LogP contribution is -2.39. The SMILES string of the molecule is CCC(CO)NC(=O)Nc1ccn(C)n1. The van der Waals surface area contributed by atoms with E-state index in [0.29, 0.717) is 12.2 Å². The van der Waals surface area contributed by atoms with Crippen LogP contribution in [0.2, 0.25) is 0 Å². The van der Waals surface area contributed by atoms with Crippen molar-refractivity contribution < 1.29 is 9.90 Å². The molecule has 0 aliphatic rings. The minimum Gasteiger partial charge on any atom is -0.394 e. The number of urea groups is 1. The molecule has 3 N–H and O–H groups in total. The number of hydrogen-bond donors (Lipinski definition) is 3. The van der Waals surface area contributed by atoms with Crippen LogP contribution in [0.1, 0.15) is 13.3 Å². The van der Waals surface area contributed by atoms with Gasteiger partial charge in [-0.25, -0.2) is 4.79 Å². The van der Waals surface area contributed by atoms with Gasteiger partial charge in [-0.15, -0.1) is 0 Å². The maximum Gasteiger partial charge on any atom is 0.320 e. The molecule has 0 bridgehead atoms. The van der Waals surface area contributed by atoms with Crippen LogP contribution < -0.4 is 10.6 Å². The van der Waals surface area contributed by atoms with Crippen molar-refractivity contribution in [1.29, 1.82) is 0 Å². The van der Waals surface area contributed by atoms with Crippen LogP contribution in [0.15, 0.2) is 12.3 Å². The average Bonchev–Trinajstić information content (AvgIpc) is 2.60. The lowest BCUT2D eigenvalue weighted by atomic mass is 10.2. The molecule has 1 heterocycles. The Hall–Kier alpha value is -1.56. The Labute approximate surface area is 88.3 Å². The number of nitrogens with zero attached hydrogens (tertiary/aromatic N) is 2. The third-order valence-electron chi connectivity index (χ3n) is 2.00. The first-order valence-electron chi connectivity index (χ1n) is 4.83. The molecule has 0 aliphatic carbocycles. The first-order chi connectivity index (χ1) is 7.15. The average molecular weight is 212 g/mol. The molecule has 0 radical (unpaired) electrons. The van der Waals surface area contributed by atoms with E-state index in [-0.39, 0.29) is 18.7 Å². The van der Waals surface area contributed by atoms with Crippen molar-refractivity contribution in [3.05, 3.63) is 12.3 Å². The van der Waals surface area contributed by atoms with Gasteiger partial charge in [-0.05, 0) is 6.42 Å². The van der Waals surface area contributed by atoms with Gasteiger partial charge >= 0.3 is 6.03 Å². The molecule has 0 fully saturated rings. The molecule has 0 saturated heterocycles. The van der Waals surface area contributed by atoms with Crippen molar-refractivity contribution in [1.82, 2.24) is 15.1 Å². The van der Waals surface area contributed by atoms with E-state index in [0.717, 1.165) is 0 Å². The van der Waals surface area contributed by atoms with Gasteiger partial charge in [0, 0.05) is 19.3 Å². The summed E-state index contributed by atoms with van der Waals surface area (Å²) in [7, 11) is 1.77. The highest BCUT2D eigenvalue weighted by atomic mass is 16.3. The lowest BCUT2D eigenvalue weighted by Gasteiger charge is -2.13. The molecule has 84 valence electrons. The molecule has 1 rings (SSSR count). The quantitative estimate of drug-likeness (QED) is 0.672. The van der Waals surface area contributed by atoms with Crippen LogP contribution >= 0.6 is 0 Å². The Kier molecular flexibility index (Phi) is 4.11. The maximum atomic E-state index is 11.4. The lowest BCUT2D eigenvalue weighted by molar-refractivity contribution is 0.222. The number of aryl methyl sites for hydroxylation is 1. The van der Waals surface area contributed by atoms with Gasteiger partial charge in [0.05, 0.1) is 12.6 Å². The van der Waals surface area contributed by atoms with Crippen LogP contribution in [0.4, 0.5) is 10.6 Å². The number of rotatable bonds is 4. The maximum absolute atomic E-state index is 11.4. The number of hydrogen-bond acceptors (Lipinski definition) is 3. The largest absolute Gasteiger partial charge is 0.394 e. The Bertz CT molecular complexity index is 320. The predicted octanol–water partition coefficient (Wildman–Crippen LogP) is 0.312. The number of aromatic nitrogens is 2. The number of nitrogens with one attached hydrogen (secondary N) is 2. The van der Waals surface area contributed by atoms with Crippen molar-refractivity contribution in [3.8, 4) is 0 Å². The van der Waals surface area contributed by atoms with Crippen LogP contribution in [0.25, 0.3) is 0 Å². The summed E-state index contributed by atoms with van der Waals surface area (Å²) in [4.78, 5) is 11.4. The summed E-state index contributed by atoms with van der Waals surface area (Å²) in [5, 5.41) is 18.1. The fraction of sp³-hybridized carbons (Fsp3) is 0.556. The highest BCUT2D eigenvalue weighted by Crippen LogP contribution is 2.00. The highest BCUT2D eigenvalue weighted by molar-refractivity contribution is 5.88. The first kappa shape index (κ1) is 11.5. The predicted molar refractivity (Wildman–Crippen MR) is 56.5 cm³/mol. The fourth-order valence-electron chi connectivity index (χ4n) is 1.10. The van der Waals surface area contributed by atoms with Crippen molar-refractivity contribution in [2.45, 2.75) is 19.4 Å². The summed E-state index contributed by atoms with van der Waals surface area (Å²) in [6, 6.07) is 1.13. The van der Waals surface area contributed by atoms with Gasteiger partial charge < -0.3 is 10.4 Å². The second-order valence-electron chi connectivity index (χ2n) is 3.26. The molecule has 1 atom stereocenters. The van der Waals surface area contributed by atoms with Gasteiger partial charge in [-0.3, -0.25) is 10.00 Å². The number of anilines is 1. The van der Waals surface area contributed by atoms with Gasteiger partial charge in [-0.2, -0.15) is 5.10 Å². The molecule has 1 aromatic rings. The minimum atomic E-state index is -0.352. The molecule has 1 unspecified atom stereocenters. The third kappa shape index (κ3) is 3.59. The zero-order valence-electron chi connectivity index (χ0n) is 8.90. The van der Waals surface area contributed by atoms with Gasteiger partial charge in [-0.1, -0.05) is 6.92 Å². The third-order valence-corrected chi connectivity index (χ3v) is 2.00. The molecular formula is C9H16N4O2. The number of amides is 2. The minimum absolute atomic E-state index is 0.0634. The van der Waals surface area contributed by atoms with E-state index in [1.54, 1.807) is 24.0 Å². The van der Waals surface area contributed by atoms with E-state index < -0.39 is 0 Å². The number of carbonyl (C=O) groups excluding carboxylic acids is 1. The van der Waals surface area contributed by atoms with E-state index in [1.807, 2.05) is 6.92 Å². The summed E-state index contributed by atoms with van der Waals surface area (Å²) in [6.45, 7) is 1.83. The molecule has 0 aliphatic heterocycles. The Morgan fingerprint density at radius 1 is 1.73 bits per heavy atom. The topological polar surface area (TPSA) is 79.2 Å². The fourth-order valence-corrected chi connectivity index (χ4v) is 1.10. The Balaban J connectivity index is 2.42. The second kappa shape index (κ2) is 5.35. The van der Waals surface area contributed by atoms with Crippen molar-refractivity contribution in [3.63, 3.8) is 0 Å². The number of aliphatic hydroxyl groups excluding tert-OH is 1. The monoisotopic (exact) mass is 212 g/mol. The van der Waals surface area contributed by atoms with E-state index in [2.05, 4.69) is 15.7 Å². The number of carbonyl (C=O) groups is 1. The van der Waals surface area contributed by atoms with Crippen LogP contribution in [0.3, 0.4) is 0 Å². The van der Waals surface area contributed by atoms with Gasteiger partial charge in [0.2, 0.25) is 0 Å². The van der Waals surface area contributed by atoms with Crippen molar-refractivity contribution >= 4 is 11.8 Å². The Morgan fingerprint density at radius 3 is 2.93 bits per heavy atom. The zero-order valence-corrected chi connectivity index (χ0v) is 8.90. The smallest absolute Gasteiger partial charge is 0.320 e. The molecular weight excluding hydrogens is 196 g/mol. The van der Waals surface area contributed by atoms with Crippen molar-refractivity contribution in [2.75, 3.05) is 11.9 Å². The van der Waals surface area contributed by atoms with Gasteiger partial charge in [0.25, 0.3) is 0 Å². The van der Waals surface area contributed by atoms with Crippen LogP contribution in [0.5, 0.6) is 0 Å². The molecule has 0 aromatic carbocycles. The molecule has 1 aromatic heterocycles. The summed E-state index contributed by atoms with van der Waals surface area (Å²) >= 11 is 0. The standard InChI is InChI=1S/C9H16N4O2/c1-3-7(6-14)10-9(15)11-8-4-5-13(2)12-8/h4-5,7,14H,3,6H2,1-2H3,(H2,10,11,12,15). The molecule has 6 heteroatoms. The van der Waals surface area contributed by atoms with Crippen LogP contribution in [-0.2, 0) is 7.05 Å². The van der Waals surface area contributed by atoms with Crippen LogP contribution in [0, 0.1) is 0 Å². The van der Waals surface area contributed by atoms with Gasteiger partial charge in [0.15, 0.2) is 5.82 Å². The summed E-state index contributed by atoms with van der Waals surface area (Å²) in [5.74, 6) is 0.489. The zero-order chi connectivity index (χ0) is 11.3. The first-order valence-corrected chi connectivity index (χ1v) is 4.83. The Morgan fingerprint density at radius 2 is 2.47 bits per heavy atom. The van der Waals surface area contributed by atoms with Crippen LogP contribution in [-0.4, -0.2) is 33.6 Å². The molecule has 15 heavy (non-hydrogen) atoms. The molecule has 0 saturated carbocycles. The summed E-state index contributed by atoms with van der Waals surface area (Å²) in [5.41, 5.74) is 0. The van der Waals surface area contributed by atoms with E-state index >= 15 is 0 Å².